The average Bonchev–Trinajstić information content (AvgIpc) is 2.83. The Hall–Kier alpha value is -3.64. The van der Waals surface area contributed by atoms with Crippen LogP contribution in [0.4, 0.5) is 0 Å². The molecule has 6 nitrogen and oxygen atoms in total. The number of ether oxygens (including phenoxy) is 3. The molecule has 0 spiro atoms. The lowest BCUT2D eigenvalue weighted by atomic mass is 10.1. The molecule has 0 saturated carbocycles. The van der Waals surface area contributed by atoms with Gasteiger partial charge in [0.1, 0.15) is 23.9 Å². The second kappa shape index (κ2) is 10.1. The van der Waals surface area contributed by atoms with Crippen LogP contribution in [0.3, 0.4) is 0 Å². The number of rotatable bonds is 9. The summed E-state index contributed by atoms with van der Waals surface area (Å²) >= 11 is 0. The fraction of sp³-hybridized carbons (Fsp3) is 0.231. The number of hydrogen-bond acceptors (Lipinski definition) is 5. The van der Waals surface area contributed by atoms with E-state index < -0.39 is 0 Å². The zero-order valence-electron chi connectivity index (χ0n) is 18.3. The molecule has 0 saturated heterocycles. The zero-order valence-corrected chi connectivity index (χ0v) is 18.3. The van der Waals surface area contributed by atoms with Crippen LogP contribution in [0.2, 0.25) is 0 Å². The fourth-order valence-electron chi connectivity index (χ4n) is 3.45. The minimum Gasteiger partial charge on any atom is -0.497 e. The summed E-state index contributed by atoms with van der Waals surface area (Å²) in [6.45, 7) is 3.68. The lowest BCUT2D eigenvalue weighted by molar-refractivity contribution is 0.0940. The maximum atomic E-state index is 13.2. The van der Waals surface area contributed by atoms with Gasteiger partial charge in [-0.15, -0.1) is 0 Å². The van der Waals surface area contributed by atoms with Gasteiger partial charge in [-0.1, -0.05) is 29.8 Å². The van der Waals surface area contributed by atoms with Crippen LogP contribution in [0.25, 0.3) is 22.3 Å². The van der Waals surface area contributed by atoms with Gasteiger partial charge in [0.2, 0.25) is 0 Å². The first kappa shape index (κ1) is 21.6. The molecule has 4 aromatic rings. The van der Waals surface area contributed by atoms with Crippen LogP contribution in [0.5, 0.6) is 11.5 Å². The van der Waals surface area contributed by atoms with Gasteiger partial charge in [-0.25, -0.2) is 4.98 Å². The number of benzene rings is 3. The quantitative estimate of drug-likeness (QED) is 0.367. The number of aryl methyl sites for hydroxylation is 1. The van der Waals surface area contributed by atoms with Gasteiger partial charge in [0.25, 0.3) is 5.56 Å². The minimum absolute atomic E-state index is 0.0825. The zero-order chi connectivity index (χ0) is 22.3. The molecule has 0 N–H and O–H groups in total. The molecule has 164 valence electrons. The smallest absolute Gasteiger partial charge is 0.261 e. The molecule has 0 aliphatic heterocycles. The number of aromatic nitrogens is 2. The van der Waals surface area contributed by atoms with Crippen molar-refractivity contribution in [3.63, 3.8) is 0 Å². The van der Waals surface area contributed by atoms with Crippen LogP contribution in [0.1, 0.15) is 5.56 Å². The number of nitrogens with zero attached hydrogens (tertiary/aromatic N) is 2. The maximum absolute atomic E-state index is 13.2. The number of fused-ring (bicyclic) bond motifs is 1. The van der Waals surface area contributed by atoms with E-state index in [2.05, 4.69) is 0 Å². The molecule has 1 aromatic heterocycles. The van der Waals surface area contributed by atoms with Gasteiger partial charge in [-0.3, -0.25) is 9.36 Å². The van der Waals surface area contributed by atoms with Crippen LogP contribution in [0.15, 0.2) is 77.6 Å². The van der Waals surface area contributed by atoms with Crippen molar-refractivity contribution >= 4 is 10.9 Å². The Bertz CT molecular complexity index is 1230. The first-order valence-corrected chi connectivity index (χ1v) is 10.6. The molecule has 0 amide bonds. The monoisotopic (exact) mass is 430 g/mol. The highest BCUT2D eigenvalue weighted by molar-refractivity contribution is 5.79. The van der Waals surface area contributed by atoms with Crippen molar-refractivity contribution in [2.75, 3.05) is 26.9 Å². The Morgan fingerprint density at radius 3 is 2.31 bits per heavy atom. The van der Waals surface area contributed by atoms with Gasteiger partial charge in [0.05, 0.1) is 37.8 Å². The van der Waals surface area contributed by atoms with Crippen molar-refractivity contribution in [2.24, 2.45) is 0 Å². The van der Waals surface area contributed by atoms with E-state index in [9.17, 15) is 4.79 Å². The predicted molar refractivity (Wildman–Crippen MR) is 125 cm³/mol. The molecule has 3 aromatic carbocycles. The van der Waals surface area contributed by atoms with Crippen molar-refractivity contribution in [1.82, 2.24) is 9.55 Å². The maximum Gasteiger partial charge on any atom is 0.261 e. The average molecular weight is 431 g/mol. The largest absolute Gasteiger partial charge is 0.497 e. The summed E-state index contributed by atoms with van der Waals surface area (Å²) in [7, 11) is 1.62. The molecule has 32 heavy (non-hydrogen) atoms. The molecular formula is C26H26N2O4. The van der Waals surface area contributed by atoms with E-state index in [1.54, 1.807) is 17.7 Å². The number of hydrogen-bond donors (Lipinski definition) is 0. The lowest BCUT2D eigenvalue weighted by Crippen LogP contribution is -2.26. The lowest BCUT2D eigenvalue weighted by Gasteiger charge is -2.14. The molecule has 0 unspecified atom stereocenters. The van der Waals surface area contributed by atoms with E-state index in [1.807, 2.05) is 73.7 Å². The molecule has 0 radical (unpaired) electrons. The van der Waals surface area contributed by atoms with E-state index in [1.165, 1.54) is 5.56 Å². The van der Waals surface area contributed by atoms with Gasteiger partial charge >= 0.3 is 0 Å². The molecule has 0 fully saturated rings. The molecule has 4 rings (SSSR count). The Morgan fingerprint density at radius 1 is 0.844 bits per heavy atom. The topological polar surface area (TPSA) is 62.6 Å². The van der Waals surface area contributed by atoms with Crippen molar-refractivity contribution < 1.29 is 14.2 Å². The minimum atomic E-state index is -0.0825. The summed E-state index contributed by atoms with van der Waals surface area (Å²) in [5.74, 6) is 2.17. The fourth-order valence-corrected chi connectivity index (χ4v) is 3.45. The summed E-state index contributed by atoms with van der Waals surface area (Å²) in [5, 5.41) is 0.590. The summed E-state index contributed by atoms with van der Waals surface area (Å²) in [4.78, 5) is 18.0. The highest BCUT2D eigenvalue weighted by atomic mass is 16.5. The Morgan fingerprint density at radius 2 is 1.56 bits per heavy atom. The Balaban J connectivity index is 1.47. The number of methoxy groups -OCH3 is 1. The van der Waals surface area contributed by atoms with E-state index in [0.29, 0.717) is 43.1 Å². The van der Waals surface area contributed by atoms with Gasteiger partial charge in [0, 0.05) is 5.56 Å². The SMILES string of the molecule is COc1ccc(-c2nc3ccccc3c(=O)n2CCOCCOc2ccc(C)cc2)cc1. The molecule has 0 bridgehead atoms. The second-order valence-electron chi connectivity index (χ2n) is 7.41. The molecule has 0 atom stereocenters. The van der Waals surface area contributed by atoms with Crippen LogP contribution < -0.4 is 15.0 Å². The van der Waals surface area contributed by atoms with Crippen LogP contribution in [-0.2, 0) is 11.3 Å². The van der Waals surface area contributed by atoms with Gasteiger partial charge < -0.3 is 14.2 Å². The predicted octanol–water partition coefficient (Wildman–Crippen LogP) is 4.48. The molecule has 1 heterocycles. The molecular weight excluding hydrogens is 404 g/mol. The van der Waals surface area contributed by atoms with Crippen LogP contribution in [-0.4, -0.2) is 36.5 Å². The summed E-state index contributed by atoms with van der Waals surface area (Å²) in [6, 6.07) is 22.8. The van der Waals surface area contributed by atoms with Crippen molar-refractivity contribution in [3.05, 3.63) is 88.7 Å². The first-order chi connectivity index (χ1) is 15.7. The van der Waals surface area contributed by atoms with Gasteiger partial charge in [-0.05, 0) is 55.5 Å². The third-order valence-electron chi connectivity index (χ3n) is 5.19. The van der Waals surface area contributed by atoms with Crippen LogP contribution >= 0.6 is 0 Å². The molecule has 0 aliphatic rings. The Labute approximate surface area is 187 Å². The van der Waals surface area contributed by atoms with Gasteiger partial charge in [0.15, 0.2) is 0 Å². The highest BCUT2D eigenvalue weighted by Gasteiger charge is 2.13. The Kier molecular flexibility index (Phi) is 6.82. The van der Waals surface area contributed by atoms with E-state index >= 15 is 0 Å². The van der Waals surface area contributed by atoms with E-state index in [-0.39, 0.29) is 5.56 Å². The summed E-state index contributed by atoms with van der Waals surface area (Å²) in [6.07, 6.45) is 0. The van der Waals surface area contributed by atoms with E-state index in [0.717, 1.165) is 17.1 Å². The summed E-state index contributed by atoms with van der Waals surface area (Å²) in [5.41, 5.74) is 2.62. The third kappa shape index (κ3) is 4.98. The van der Waals surface area contributed by atoms with Crippen molar-refractivity contribution in [2.45, 2.75) is 13.5 Å². The number of para-hydroxylation sites is 1. The molecule has 0 aliphatic carbocycles. The van der Waals surface area contributed by atoms with E-state index in [4.69, 9.17) is 19.2 Å². The summed E-state index contributed by atoms with van der Waals surface area (Å²) < 4.78 is 18.4. The first-order valence-electron chi connectivity index (χ1n) is 10.6. The van der Waals surface area contributed by atoms with Crippen LogP contribution in [0, 0.1) is 6.92 Å². The normalized spacial score (nSPS) is 10.9. The highest BCUT2D eigenvalue weighted by Crippen LogP contribution is 2.22. The van der Waals surface area contributed by atoms with Gasteiger partial charge in [-0.2, -0.15) is 0 Å². The molecule has 6 heteroatoms. The third-order valence-corrected chi connectivity index (χ3v) is 5.19. The van der Waals surface area contributed by atoms with Crippen molar-refractivity contribution in [3.8, 4) is 22.9 Å². The standard InChI is InChI=1S/C26H26N2O4/c1-19-7-11-22(12-8-19)32-18-17-31-16-15-28-25(20-9-13-21(30-2)14-10-20)27-24-6-4-3-5-23(24)26(28)29/h3-14H,15-18H2,1-2H3. The second-order valence-corrected chi connectivity index (χ2v) is 7.41. The van der Waals surface area contributed by atoms with Crippen molar-refractivity contribution in [1.29, 1.82) is 0 Å².